The van der Waals surface area contributed by atoms with Crippen LogP contribution in [0.25, 0.3) is 0 Å². The maximum atomic E-state index is 12.4. The maximum absolute atomic E-state index is 12.4. The third-order valence-electron chi connectivity index (χ3n) is 4.15. The van der Waals surface area contributed by atoms with Crippen LogP contribution in [0.4, 0.5) is 0 Å². The Balaban J connectivity index is 1.85. The molecule has 2 aliphatic rings. The van der Waals surface area contributed by atoms with Gasteiger partial charge >= 0.3 is 5.97 Å². The summed E-state index contributed by atoms with van der Waals surface area (Å²) in [5.41, 5.74) is 0. The second kappa shape index (κ2) is 7.58. The monoisotopic (exact) mass is 312 g/mol. The van der Waals surface area contributed by atoms with Crippen molar-refractivity contribution in [1.29, 1.82) is 0 Å². The van der Waals surface area contributed by atoms with E-state index in [1.54, 1.807) is 4.90 Å². The number of hydrogen-bond donors (Lipinski definition) is 2. The van der Waals surface area contributed by atoms with Gasteiger partial charge in [-0.15, -0.1) is 0 Å². The van der Waals surface area contributed by atoms with Crippen molar-refractivity contribution < 1.29 is 24.2 Å². The molecule has 2 heterocycles. The number of hydrogen-bond acceptors (Lipinski definition) is 4. The van der Waals surface area contributed by atoms with Gasteiger partial charge in [0.15, 0.2) is 6.10 Å². The fourth-order valence-electron chi connectivity index (χ4n) is 3.03. The lowest BCUT2D eigenvalue weighted by molar-refractivity contribution is -0.155. The zero-order valence-corrected chi connectivity index (χ0v) is 12.9. The summed E-state index contributed by atoms with van der Waals surface area (Å²) in [6.45, 7) is 3.06. The van der Waals surface area contributed by atoms with Crippen LogP contribution in [-0.2, 0) is 19.1 Å². The summed E-state index contributed by atoms with van der Waals surface area (Å²) in [6.07, 6.45) is 2.27. The number of carboxylic acids is 1. The number of carbonyl (C=O) groups excluding carboxylic acids is 2. The molecule has 0 radical (unpaired) electrons. The van der Waals surface area contributed by atoms with E-state index < -0.39 is 18.2 Å². The lowest BCUT2D eigenvalue weighted by atomic mass is 10.0. The van der Waals surface area contributed by atoms with Crippen LogP contribution in [0.3, 0.4) is 0 Å². The molecule has 0 aromatic heterocycles. The van der Waals surface area contributed by atoms with E-state index >= 15 is 0 Å². The lowest BCUT2D eigenvalue weighted by Gasteiger charge is -2.34. The summed E-state index contributed by atoms with van der Waals surface area (Å²) in [7, 11) is 0. The Labute approximate surface area is 130 Å². The number of rotatable bonds is 5. The SMILES string of the molecule is CCCC(=O)NC1CCCN(C(=O)[C@@H]2CC[C@H](C(=O)O)O2)C1. The summed E-state index contributed by atoms with van der Waals surface area (Å²) in [6, 6.07) is -0.0200. The number of ether oxygens (including phenoxy) is 1. The highest BCUT2D eigenvalue weighted by Gasteiger charge is 2.38. The van der Waals surface area contributed by atoms with Crippen molar-refractivity contribution in [2.45, 2.75) is 63.7 Å². The highest BCUT2D eigenvalue weighted by Crippen LogP contribution is 2.23. The third kappa shape index (κ3) is 4.19. The second-order valence-electron chi connectivity index (χ2n) is 5.97. The third-order valence-corrected chi connectivity index (χ3v) is 4.15. The molecular formula is C15H24N2O5. The molecule has 22 heavy (non-hydrogen) atoms. The Bertz CT molecular complexity index is 440. The molecule has 2 saturated heterocycles. The Morgan fingerprint density at radius 3 is 2.59 bits per heavy atom. The summed E-state index contributed by atoms with van der Waals surface area (Å²) >= 11 is 0. The van der Waals surface area contributed by atoms with Crippen molar-refractivity contribution in [3.8, 4) is 0 Å². The molecule has 124 valence electrons. The van der Waals surface area contributed by atoms with Crippen molar-refractivity contribution in [3.63, 3.8) is 0 Å². The van der Waals surface area contributed by atoms with Gasteiger partial charge in [-0.25, -0.2) is 4.79 Å². The zero-order chi connectivity index (χ0) is 16.1. The molecule has 0 spiro atoms. The van der Waals surface area contributed by atoms with Crippen molar-refractivity contribution in [1.82, 2.24) is 10.2 Å². The molecule has 0 aromatic carbocycles. The molecule has 2 N–H and O–H groups in total. The fourth-order valence-corrected chi connectivity index (χ4v) is 3.03. The molecule has 7 heteroatoms. The predicted octanol–water partition coefficient (Wildman–Crippen LogP) is 0.526. The van der Waals surface area contributed by atoms with Crippen molar-refractivity contribution in [3.05, 3.63) is 0 Å². The Hall–Kier alpha value is -1.63. The number of likely N-dealkylation sites (tertiary alicyclic amines) is 1. The van der Waals surface area contributed by atoms with E-state index in [2.05, 4.69) is 5.32 Å². The standard InChI is InChI=1S/C15H24N2O5/c1-2-4-13(18)16-10-5-3-8-17(9-10)14(19)11-6-7-12(22-11)15(20)21/h10-12H,2-9H2,1H3,(H,16,18)(H,20,21)/t10?,11-,12+/m0/s1. The van der Waals surface area contributed by atoms with Gasteiger partial charge in [-0.05, 0) is 32.1 Å². The molecule has 2 rings (SSSR count). The first-order valence-corrected chi connectivity index (χ1v) is 7.97. The normalized spacial score (nSPS) is 28.4. The molecule has 0 aromatic rings. The van der Waals surface area contributed by atoms with Gasteiger partial charge in [-0.1, -0.05) is 6.92 Å². The van der Waals surface area contributed by atoms with Crippen LogP contribution < -0.4 is 5.32 Å². The van der Waals surface area contributed by atoms with Crippen LogP contribution >= 0.6 is 0 Å². The number of piperidine rings is 1. The van der Waals surface area contributed by atoms with Crippen LogP contribution in [0.2, 0.25) is 0 Å². The van der Waals surface area contributed by atoms with Crippen LogP contribution in [0.5, 0.6) is 0 Å². The second-order valence-corrected chi connectivity index (χ2v) is 5.97. The Morgan fingerprint density at radius 2 is 1.95 bits per heavy atom. The molecule has 1 unspecified atom stereocenters. The molecule has 2 aliphatic heterocycles. The zero-order valence-electron chi connectivity index (χ0n) is 12.9. The number of carbonyl (C=O) groups is 3. The molecule has 3 atom stereocenters. The van der Waals surface area contributed by atoms with E-state index in [1.807, 2.05) is 6.92 Å². The molecule has 2 amide bonds. The smallest absolute Gasteiger partial charge is 0.332 e. The molecular weight excluding hydrogens is 288 g/mol. The fraction of sp³-hybridized carbons (Fsp3) is 0.800. The van der Waals surface area contributed by atoms with E-state index in [0.29, 0.717) is 32.4 Å². The van der Waals surface area contributed by atoms with E-state index in [1.165, 1.54) is 0 Å². The molecule has 0 bridgehead atoms. The van der Waals surface area contributed by atoms with Gasteiger partial charge in [0.05, 0.1) is 0 Å². The van der Waals surface area contributed by atoms with Gasteiger partial charge < -0.3 is 20.1 Å². The van der Waals surface area contributed by atoms with Gasteiger partial charge in [0.1, 0.15) is 6.10 Å². The van der Waals surface area contributed by atoms with Crippen molar-refractivity contribution in [2.24, 2.45) is 0 Å². The predicted molar refractivity (Wildman–Crippen MR) is 78.2 cm³/mol. The topological polar surface area (TPSA) is 95.9 Å². The van der Waals surface area contributed by atoms with Crippen molar-refractivity contribution >= 4 is 17.8 Å². The van der Waals surface area contributed by atoms with Gasteiger partial charge in [-0.2, -0.15) is 0 Å². The van der Waals surface area contributed by atoms with E-state index in [4.69, 9.17) is 9.84 Å². The minimum atomic E-state index is -1.02. The minimum Gasteiger partial charge on any atom is -0.479 e. The highest BCUT2D eigenvalue weighted by molar-refractivity contribution is 5.83. The number of nitrogens with one attached hydrogen (secondary N) is 1. The van der Waals surface area contributed by atoms with Gasteiger partial charge in [-0.3, -0.25) is 9.59 Å². The largest absolute Gasteiger partial charge is 0.479 e. The first kappa shape index (κ1) is 16.7. The van der Waals surface area contributed by atoms with Crippen molar-refractivity contribution in [2.75, 3.05) is 13.1 Å². The number of aliphatic carboxylic acids is 1. The van der Waals surface area contributed by atoms with Gasteiger partial charge in [0.2, 0.25) is 5.91 Å². The quantitative estimate of drug-likeness (QED) is 0.772. The number of nitrogens with zero attached hydrogens (tertiary/aromatic N) is 1. The first-order chi connectivity index (χ1) is 10.5. The maximum Gasteiger partial charge on any atom is 0.332 e. The van der Waals surface area contributed by atoms with Crippen LogP contribution in [0.15, 0.2) is 0 Å². The molecule has 7 nitrogen and oxygen atoms in total. The van der Waals surface area contributed by atoms with E-state index in [0.717, 1.165) is 19.3 Å². The summed E-state index contributed by atoms with van der Waals surface area (Å²) in [5, 5.41) is 11.9. The molecule has 2 fully saturated rings. The number of amides is 2. The van der Waals surface area contributed by atoms with Crippen LogP contribution in [0.1, 0.15) is 45.4 Å². The van der Waals surface area contributed by atoms with E-state index in [9.17, 15) is 14.4 Å². The average molecular weight is 312 g/mol. The lowest BCUT2D eigenvalue weighted by Crippen LogP contribution is -2.52. The minimum absolute atomic E-state index is 0.0184. The first-order valence-electron chi connectivity index (χ1n) is 7.97. The van der Waals surface area contributed by atoms with E-state index in [-0.39, 0.29) is 17.9 Å². The average Bonchev–Trinajstić information content (AvgIpc) is 2.97. The Morgan fingerprint density at radius 1 is 1.23 bits per heavy atom. The Kier molecular flexibility index (Phi) is 5.76. The summed E-state index contributed by atoms with van der Waals surface area (Å²) in [4.78, 5) is 36.7. The van der Waals surface area contributed by atoms with Crippen LogP contribution in [-0.4, -0.2) is 59.1 Å². The van der Waals surface area contributed by atoms with Gasteiger partial charge in [0.25, 0.3) is 5.91 Å². The molecule has 0 aliphatic carbocycles. The molecule has 0 saturated carbocycles. The van der Waals surface area contributed by atoms with Gasteiger partial charge in [0, 0.05) is 25.6 Å². The summed E-state index contributed by atoms with van der Waals surface area (Å²) in [5.74, 6) is -1.15. The van der Waals surface area contributed by atoms with Crippen LogP contribution in [0, 0.1) is 0 Å². The number of carboxylic acid groups (broad SMARTS) is 1. The highest BCUT2D eigenvalue weighted by atomic mass is 16.5. The summed E-state index contributed by atoms with van der Waals surface area (Å²) < 4.78 is 5.31.